The van der Waals surface area contributed by atoms with Crippen LogP contribution in [0.5, 0.6) is 11.5 Å². The van der Waals surface area contributed by atoms with E-state index in [9.17, 15) is 31.9 Å². The third kappa shape index (κ3) is 10.4. The fraction of sp³-hybridized carbons (Fsp3) is 0.270. The maximum Gasteiger partial charge on any atom is 0.326 e. The summed E-state index contributed by atoms with van der Waals surface area (Å²) in [4.78, 5) is 43.3. The van der Waals surface area contributed by atoms with Crippen molar-refractivity contribution in [3.63, 3.8) is 0 Å². The molecule has 0 saturated carbocycles. The van der Waals surface area contributed by atoms with Crippen molar-refractivity contribution in [2.45, 2.75) is 38.8 Å². The molecule has 4 aromatic carbocycles. The Morgan fingerprint density at radius 3 is 1.46 bits per heavy atom. The zero-order valence-corrected chi connectivity index (χ0v) is 30.2. The van der Waals surface area contributed by atoms with E-state index in [1.165, 1.54) is 38.1 Å². The van der Waals surface area contributed by atoms with Crippen LogP contribution in [0, 0.1) is 37.1 Å². The number of hydrogen-bond acceptors (Lipinski definition) is 7. The van der Waals surface area contributed by atoms with Gasteiger partial charge in [-0.2, -0.15) is 0 Å². The molecule has 3 N–H and O–H groups in total. The molecule has 1 unspecified atom stereocenters. The standard InChI is InChI=1S/C37H39F4N5O5S/c1-21-11-29(7-9-33(21)50-5)45(3)35(47)31(17-23-13-25(38)19-26(39)14-23)42-37(49)44-52-43-32(18-24-15-27(40)20-28(41)16-24)36(48)46(4)30-8-10-34(51-6)22(2)12-30/h7-16,19-20,31-32,43H,17-18H2,1-6H3,(H2,42,44,49)/t31?,32-/m0/s1. The van der Waals surface area contributed by atoms with Gasteiger partial charge in [-0.25, -0.2) is 27.1 Å². The van der Waals surface area contributed by atoms with Crippen molar-refractivity contribution in [3.05, 3.63) is 118 Å². The van der Waals surface area contributed by atoms with Crippen LogP contribution in [0.25, 0.3) is 0 Å². The number of carbonyl (C=O) groups excluding carboxylic acids is 3. The summed E-state index contributed by atoms with van der Waals surface area (Å²) in [6, 6.07) is 12.6. The van der Waals surface area contributed by atoms with Gasteiger partial charge in [0.2, 0.25) is 11.8 Å². The molecule has 4 aromatic rings. The molecule has 0 spiro atoms. The van der Waals surface area contributed by atoms with E-state index in [-0.39, 0.29) is 24.0 Å². The number of halogens is 4. The number of methoxy groups -OCH3 is 2. The van der Waals surface area contributed by atoms with Gasteiger partial charge in [0, 0.05) is 56.2 Å². The molecule has 0 radical (unpaired) electrons. The minimum absolute atomic E-state index is 0.117. The molecule has 2 atom stereocenters. The summed E-state index contributed by atoms with van der Waals surface area (Å²) in [6.45, 7) is 3.60. The van der Waals surface area contributed by atoms with Gasteiger partial charge in [-0.3, -0.25) is 14.3 Å². The number of aryl methyl sites for hydroxylation is 2. The minimum Gasteiger partial charge on any atom is -0.496 e. The Balaban J connectivity index is 1.52. The molecule has 0 saturated heterocycles. The highest BCUT2D eigenvalue weighted by Gasteiger charge is 2.28. The lowest BCUT2D eigenvalue weighted by molar-refractivity contribution is -0.120. The number of urea groups is 1. The molecule has 4 rings (SSSR count). The summed E-state index contributed by atoms with van der Waals surface area (Å²) in [5.74, 6) is -3.24. The largest absolute Gasteiger partial charge is 0.496 e. The van der Waals surface area contributed by atoms with Crippen molar-refractivity contribution in [1.82, 2.24) is 14.8 Å². The number of likely N-dealkylation sites (N-methyl/N-ethyl adjacent to an activating group) is 2. The minimum atomic E-state index is -1.30. The topological polar surface area (TPSA) is 112 Å². The maximum absolute atomic E-state index is 14.1. The highest BCUT2D eigenvalue weighted by molar-refractivity contribution is 7.96. The lowest BCUT2D eigenvalue weighted by Gasteiger charge is -2.26. The number of anilines is 2. The van der Waals surface area contributed by atoms with Gasteiger partial charge >= 0.3 is 6.03 Å². The number of ether oxygens (including phenoxy) is 2. The van der Waals surface area contributed by atoms with Crippen LogP contribution in [-0.4, -0.2) is 58.2 Å². The summed E-state index contributed by atoms with van der Waals surface area (Å²) in [6.07, 6.45) is -0.432. The molecule has 0 bridgehead atoms. The second-order valence-electron chi connectivity index (χ2n) is 12.0. The molecule has 4 amide bonds. The lowest BCUT2D eigenvalue weighted by atomic mass is 10.0. The van der Waals surface area contributed by atoms with Crippen molar-refractivity contribution in [1.29, 1.82) is 0 Å². The van der Waals surface area contributed by atoms with Gasteiger partial charge in [-0.1, -0.05) is 0 Å². The predicted molar refractivity (Wildman–Crippen MR) is 192 cm³/mol. The zero-order chi connectivity index (χ0) is 38.1. The Hall–Kier alpha value is -5.28. The number of nitrogens with zero attached hydrogens (tertiary/aromatic N) is 2. The smallest absolute Gasteiger partial charge is 0.326 e. The number of nitrogens with one attached hydrogen (secondary N) is 3. The van der Waals surface area contributed by atoms with Gasteiger partial charge in [0.05, 0.1) is 14.2 Å². The van der Waals surface area contributed by atoms with E-state index in [1.54, 1.807) is 43.3 Å². The highest BCUT2D eigenvalue weighted by atomic mass is 32.2. The molecular weight excluding hydrogens is 702 g/mol. The molecule has 0 aliphatic heterocycles. The highest BCUT2D eigenvalue weighted by Crippen LogP contribution is 2.26. The molecule has 0 heterocycles. The maximum atomic E-state index is 14.1. The van der Waals surface area contributed by atoms with Crippen LogP contribution in [0.2, 0.25) is 0 Å². The van der Waals surface area contributed by atoms with Gasteiger partial charge in [-0.05, 0) is 103 Å². The van der Waals surface area contributed by atoms with Gasteiger partial charge < -0.3 is 24.6 Å². The van der Waals surface area contributed by atoms with Crippen molar-refractivity contribution < 1.29 is 41.4 Å². The monoisotopic (exact) mass is 741 g/mol. The number of amides is 4. The van der Waals surface area contributed by atoms with Crippen molar-refractivity contribution >= 4 is 41.4 Å². The average Bonchev–Trinajstić information content (AvgIpc) is 3.08. The Morgan fingerprint density at radius 2 is 1.06 bits per heavy atom. The van der Waals surface area contributed by atoms with Gasteiger partial charge in [-0.15, -0.1) is 0 Å². The van der Waals surface area contributed by atoms with E-state index >= 15 is 0 Å². The third-order valence-electron chi connectivity index (χ3n) is 8.16. The first kappa shape index (κ1) is 39.5. The van der Waals surface area contributed by atoms with Crippen molar-refractivity contribution in [3.8, 4) is 11.5 Å². The zero-order valence-electron chi connectivity index (χ0n) is 29.4. The Kier molecular flexibility index (Phi) is 13.5. The molecule has 15 heteroatoms. The van der Waals surface area contributed by atoms with Gasteiger partial charge in [0.1, 0.15) is 46.9 Å². The number of benzene rings is 4. The summed E-state index contributed by atoms with van der Waals surface area (Å²) in [5, 5.41) is 2.55. The molecule has 10 nitrogen and oxygen atoms in total. The molecule has 0 aromatic heterocycles. The summed E-state index contributed by atoms with van der Waals surface area (Å²) < 4.78 is 72.2. The Labute approximate surface area is 303 Å². The SMILES string of the molecule is COc1ccc(N(C)C(=O)C(Cc2cc(F)cc(F)c2)NC(=O)NSN[C@@H](Cc2cc(F)cc(F)c2)C(=O)N(C)c2ccc(OC)c(C)c2)cc1C. The van der Waals surface area contributed by atoms with E-state index in [2.05, 4.69) is 14.8 Å². The van der Waals surface area contributed by atoms with Crippen molar-refractivity contribution in [2.75, 3.05) is 38.1 Å². The number of carbonyl (C=O) groups is 3. The van der Waals surface area contributed by atoms with Gasteiger partial charge in [0.15, 0.2) is 0 Å². The van der Waals surface area contributed by atoms with E-state index in [4.69, 9.17) is 9.47 Å². The second kappa shape index (κ2) is 17.8. The molecule has 0 aliphatic carbocycles. The van der Waals surface area contributed by atoms with Crippen LogP contribution < -0.4 is 34.0 Å². The quantitative estimate of drug-likeness (QED) is 0.105. The van der Waals surface area contributed by atoms with E-state index in [0.717, 1.165) is 35.4 Å². The Bertz CT molecular complexity index is 1890. The van der Waals surface area contributed by atoms with Crippen molar-refractivity contribution in [2.24, 2.45) is 0 Å². The molecule has 52 heavy (non-hydrogen) atoms. The van der Waals surface area contributed by atoms with Crippen LogP contribution in [-0.2, 0) is 22.4 Å². The summed E-state index contributed by atoms with van der Waals surface area (Å²) in [5.41, 5.74) is 2.80. The van der Waals surface area contributed by atoms with Gasteiger partial charge in [0.25, 0.3) is 0 Å². The first-order valence-electron chi connectivity index (χ1n) is 15.9. The van der Waals surface area contributed by atoms with Crippen LogP contribution in [0.15, 0.2) is 72.8 Å². The Morgan fingerprint density at radius 1 is 0.654 bits per heavy atom. The molecule has 0 aliphatic rings. The first-order valence-corrected chi connectivity index (χ1v) is 16.7. The lowest BCUT2D eigenvalue weighted by Crippen LogP contribution is -2.51. The van der Waals surface area contributed by atoms with Crippen LogP contribution in [0.4, 0.5) is 33.7 Å². The average molecular weight is 742 g/mol. The fourth-order valence-electron chi connectivity index (χ4n) is 5.51. The summed E-state index contributed by atoms with van der Waals surface area (Å²) >= 11 is 0.597. The van der Waals surface area contributed by atoms with E-state index in [1.807, 2.05) is 6.92 Å². The molecule has 276 valence electrons. The molecule has 0 fully saturated rings. The van der Waals surface area contributed by atoms with Crippen LogP contribution in [0.3, 0.4) is 0 Å². The van der Waals surface area contributed by atoms with Crippen LogP contribution >= 0.6 is 12.1 Å². The first-order chi connectivity index (χ1) is 24.7. The molecular formula is C37H39F4N5O5S. The second-order valence-corrected chi connectivity index (χ2v) is 12.6. The number of hydrogen-bond donors (Lipinski definition) is 3. The third-order valence-corrected chi connectivity index (χ3v) is 8.85. The summed E-state index contributed by atoms with van der Waals surface area (Å²) in [7, 11) is 6.06. The normalized spacial score (nSPS) is 12.0. The number of rotatable bonds is 14. The van der Waals surface area contributed by atoms with E-state index < -0.39 is 53.2 Å². The van der Waals surface area contributed by atoms with Crippen LogP contribution in [0.1, 0.15) is 22.3 Å². The fourth-order valence-corrected chi connectivity index (χ4v) is 6.04. The van der Waals surface area contributed by atoms with E-state index in [0.29, 0.717) is 47.1 Å². The predicted octanol–water partition coefficient (Wildman–Crippen LogP) is 6.18.